The van der Waals surface area contributed by atoms with Gasteiger partial charge < -0.3 is 4.90 Å². The van der Waals surface area contributed by atoms with E-state index in [-0.39, 0.29) is 10.8 Å². The first kappa shape index (κ1) is 16.3. The molecule has 0 aliphatic carbocycles. The van der Waals surface area contributed by atoms with Gasteiger partial charge in [0.05, 0.1) is 4.90 Å². The number of aromatic amines is 1. The first-order valence-corrected chi connectivity index (χ1v) is 9.91. The standard InChI is InChI=1S/C17H20N4O3S/c22-17(21-9-6-12(7-10-21)14-5-8-18-19-14)15-11-13-3-1-2-4-16(13)25(23,24)20-15/h1-5,8,12,15,20H,6-7,9-11H2,(H,18,19). The number of nitrogens with zero attached hydrogens (tertiary/aromatic N) is 2. The van der Waals surface area contributed by atoms with Gasteiger partial charge in [0, 0.05) is 30.9 Å². The zero-order valence-corrected chi connectivity index (χ0v) is 14.5. The summed E-state index contributed by atoms with van der Waals surface area (Å²) in [5.41, 5.74) is 1.80. The maximum absolute atomic E-state index is 12.8. The number of benzene rings is 1. The molecule has 1 fully saturated rings. The first-order valence-electron chi connectivity index (χ1n) is 8.43. The number of aromatic nitrogens is 2. The number of sulfonamides is 1. The highest BCUT2D eigenvalue weighted by molar-refractivity contribution is 7.89. The molecule has 0 saturated carbocycles. The Bertz CT molecular complexity index is 871. The van der Waals surface area contributed by atoms with Gasteiger partial charge in [-0.2, -0.15) is 9.82 Å². The smallest absolute Gasteiger partial charge is 0.241 e. The molecule has 0 bridgehead atoms. The van der Waals surface area contributed by atoms with Crippen molar-refractivity contribution in [2.24, 2.45) is 0 Å². The lowest BCUT2D eigenvalue weighted by atomic mass is 9.93. The van der Waals surface area contributed by atoms with Gasteiger partial charge in [0.25, 0.3) is 0 Å². The van der Waals surface area contributed by atoms with Gasteiger partial charge in [-0.15, -0.1) is 0 Å². The summed E-state index contributed by atoms with van der Waals surface area (Å²) < 4.78 is 27.3. The molecule has 1 amide bonds. The summed E-state index contributed by atoms with van der Waals surface area (Å²) in [5.74, 6) is 0.233. The number of H-pyrrole nitrogens is 1. The quantitative estimate of drug-likeness (QED) is 0.836. The lowest BCUT2D eigenvalue weighted by Crippen LogP contribution is -2.53. The number of likely N-dealkylation sites (tertiary alicyclic amines) is 1. The minimum absolute atomic E-state index is 0.138. The zero-order chi connectivity index (χ0) is 17.4. The van der Waals surface area contributed by atoms with Crippen molar-refractivity contribution < 1.29 is 13.2 Å². The van der Waals surface area contributed by atoms with Crippen LogP contribution in [0.3, 0.4) is 0 Å². The predicted octanol–water partition coefficient (Wildman–Crippen LogP) is 1.02. The Balaban J connectivity index is 1.46. The molecule has 8 heteroatoms. The van der Waals surface area contributed by atoms with Crippen molar-refractivity contribution in [3.05, 3.63) is 47.8 Å². The molecule has 2 N–H and O–H groups in total. The van der Waals surface area contributed by atoms with Gasteiger partial charge in [0.1, 0.15) is 6.04 Å². The van der Waals surface area contributed by atoms with E-state index in [0.717, 1.165) is 18.5 Å². The molecule has 3 heterocycles. The average Bonchev–Trinajstić information content (AvgIpc) is 3.15. The van der Waals surface area contributed by atoms with Crippen molar-refractivity contribution in [3.63, 3.8) is 0 Å². The van der Waals surface area contributed by atoms with Crippen LogP contribution >= 0.6 is 0 Å². The summed E-state index contributed by atoms with van der Waals surface area (Å²) in [4.78, 5) is 14.9. The Kier molecular flexibility index (Phi) is 4.09. The Morgan fingerprint density at radius 3 is 2.64 bits per heavy atom. The number of hydrogen-bond acceptors (Lipinski definition) is 4. The summed E-state index contributed by atoms with van der Waals surface area (Å²) in [7, 11) is -3.63. The topological polar surface area (TPSA) is 95.2 Å². The number of fused-ring (bicyclic) bond motifs is 1. The predicted molar refractivity (Wildman–Crippen MR) is 91.4 cm³/mol. The minimum Gasteiger partial charge on any atom is -0.341 e. The molecule has 1 saturated heterocycles. The molecular weight excluding hydrogens is 340 g/mol. The van der Waals surface area contributed by atoms with Crippen molar-refractivity contribution in [1.29, 1.82) is 0 Å². The van der Waals surface area contributed by atoms with Crippen LogP contribution in [0.1, 0.15) is 30.0 Å². The molecule has 2 aliphatic rings. The SMILES string of the molecule is O=C(C1Cc2ccccc2S(=O)(=O)N1)N1CCC(c2ccn[nH]2)CC1. The maximum atomic E-state index is 12.8. The molecule has 2 aliphatic heterocycles. The van der Waals surface area contributed by atoms with Crippen LogP contribution in [0.5, 0.6) is 0 Å². The molecule has 25 heavy (non-hydrogen) atoms. The molecular formula is C17H20N4O3S. The zero-order valence-electron chi connectivity index (χ0n) is 13.7. The van der Waals surface area contributed by atoms with Gasteiger partial charge in [0.2, 0.25) is 15.9 Å². The molecule has 0 spiro atoms. The van der Waals surface area contributed by atoms with Gasteiger partial charge in [0.15, 0.2) is 0 Å². The van der Waals surface area contributed by atoms with Gasteiger partial charge >= 0.3 is 0 Å². The van der Waals surface area contributed by atoms with Crippen LogP contribution in [0.15, 0.2) is 41.4 Å². The monoisotopic (exact) mass is 360 g/mol. The van der Waals surface area contributed by atoms with E-state index in [9.17, 15) is 13.2 Å². The number of amides is 1. The second-order valence-electron chi connectivity index (χ2n) is 6.60. The van der Waals surface area contributed by atoms with E-state index in [1.807, 2.05) is 6.07 Å². The Hall–Kier alpha value is -2.19. The summed E-state index contributed by atoms with van der Waals surface area (Å²) in [6.45, 7) is 1.25. The minimum atomic E-state index is -3.63. The fraction of sp³-hybridized carbons (Fsp3) is 0.412. The molecule has 1 atom stereocenters. The van der Waals surface area contributed by atoms with Gasteiger partial charge in [-0.25, -0.2) is 8.42 Å². The van der Waals surface area contributed by atoms with E-state index in [2.05, 4.69) is 14.9 Å². The molecule has 4 rings (SSSR count). The Morgan fingerprint density at radius 1 is 1.16 bits per heavy atom. The molecule has 2 aromatic rings. The Morgan fingerprint density at radius 2 is 1.92 bits per heavy atom. The summed E-state index contributed by atoms with van der Waals surface area (Å²) >= 11 is 0. The summed E-state index contributed by atoms with van der Waals surface area (Å²) in [5, 5.41) is 6.97. The van der Waals surface area contributed by atoms with Crippen LogP contribution < -0.4 is 4.72 Å². The highest BCUT2D eigenvalue weighted by atomic mass is 32.2. The second-order valence-corrected chi connectivity index (χ2v) is 8.28. The van der Waals surface area contributed by atoms with E-state index < -0.39 is 16.1 Å². The highest BCUT2D eigenvalue weighted by Crippen LogP contribution is 2.28. The third-order valence-electron chi connectivity index (χ3n) is 5.05. The largest absolute Gasteiger partial charge is 0.341 e. The van der Waals surface area contributed by atoms with E-state index >= 15 is 0 Å². The van der Waals surface area contributed by atoms with Gasteiger partial charge in [-0.05, 0) is 37.0 Å². The fourth-order valence-electron chi connectivity index (χ4n) is 3.71. The van der Waals surface area contributed by atoms with Gasteiger partial charge in [-0.1, -0.05) is 18.2 Å². The Labute approximate surface area is 146 Å². The lowest BCUT2D eigenvalue weighted by Gasteiger charge is -2.35. The molecule has 1 aromatic carbocycles. The van der Waals surface area contributed by atoms with E-state index in [0.29, 0.717) is 31.0 Å². The van der Waals surface area contributed by atoms with Crippen molar-refractivity contribution in [3.8, 4) is 0 Å². The van der Waals surface area contributed by atoms with Crippen LogP contribution in [-0.2, 0) is 21.2 Å². The number of carbonyl (C=O) groups excluding carboxylic acids is 1. The van der Waals surface area contributed by atoms with Crippen LogP contribution in [0.25, 0.3) is 0 Å². The normalized spacial score (nSPS) is 23.2. The molecule has 7 nitrogen and oxygen atoms in total. The molecule has 132 valence electrons. The summed E-state index contributed by atoms with van der Waals surface area (Å²) in [6.07, 6.45) is 3.84. The van der Waals surface area contributed by atoms with E-state index in [4.69, 9.17) is 0 Å². The third kappa shape index (κ3) is 3.07. The maximum Gasteiger partial charge on any atom is 0.241 e. The lowest BCUT2D eigenvalue weighted by molar-refractivity contribution is -0.134. The highest BCUT2D eigenvalue weighted by Gasteiger charge is 2.36. The number of nitrogens with one attached hydrogen (secondary N) is 2. The van der Waals surface area contributed by atoms with Crippen molar-refractivity contribution >= 4 is 15.9 Å². The first-order chi connectivity index (χ1) is 12.0. The van der Waals surface area contributed by atoms with E-state index in [1.165, 1.54) is 0 Å². The second kappa shape index (κ2) is 6.27. The molecule has 1 aromatic heterocycles. The number of piperidine rings is 1. The van der Waals surface area contributed by atoms with Crippen LogP contribution in [0, 0.1) is 0 Å². The van der Waals surface area contributed by atoms with Crippen molar-refractivity contribution in [1.82, 2.24) is 19.8 Å². The molecule has 1 unspecified atom stereocenters. The van der Waals surface area contributed by atoms with Crippen molar-refractivity contribution in [2.45, 2.75) is 36.1 Å². The van der Waals surface area contributed by atoms with Crippen molar-refractivity contribution in [2.75, 3.05) is 13.1 Å². The number of rotatable bonds is 2. The van der Waals surface area contributed by atoms with Crippen LogP contribution in [-0.4, -0.2) is 48.6 Å². The van der Waals surface area contributed by atoms with Crippen LogP contribution in [0.4, 0.5) is 0 Å². The average molecular weight is 360 g/mol. The molecule has 0 radical (unpaired) electrons. The number of carbonyl (C=O) groups is 1. The fourth-order valence-corrected chi connectivity index (χ4v) is 5.15. The van der Waals surface area contributed by atoms with E-state index in [1.54, 1.807) is 35.4 Å². The summed E-state index contributed by atoms with van der Waals surface area (Å²) in [6, 6.07) is 8.10. The van der Waals surface area contributed by atoms with Crippen LogP contribution in [0.2, 0.25) is 0 Å². The van der Waals surface area contributed by atoms with Gasteiger partial charge in [-0.3, -0.25) is 9.89 Å². The third-order valence-corrected chi connectivity index (χ3v) is 6.62. The number of hydrogen-bond donors (Lipinski definition) is 2.